The van der Waals surface area contributed by atoms with Crippen molar-refractivity contribution in [2.75, 3.05) is 19.6 Å². The number of nitrogens with zero attached hydrogens (tertiary/aromatic N) is 1. The SMILES string of the molecule is C=C(CC)c1ccc(CCC(C)CN(CC(C)C)CC(C)CC)cc1. The molecule has 1 nitrogen and oxygen atoms in total. The van der Waals surface area contributed by atoms with Gasteiger partial charge in [0.25, 0.3) is 0 Å². The Bertz CT molecular complexity index is 485. The van der Waals surface area contributed by atoms with Crippen molar-refractivity contribution < 1.29 is 0 Å². The van der Waals surface area contributed by atoms with Crippen molar-refractivity contribution >= 4 is 5.57 Å². The molecule has 0 saturated carbocycles. The van der Waals surface area contributed by atoms with Gasteiger partial charge in [0.1, 0.15) is 0 Å². The number of allylic oxidation sites excluding steroid dienone is 1. The summed E-state index contributed by atoms with van der Waals surface area (Å²) in [5, 5.41) is 0. The summed E-state index contributed by atoms with van der Waals surface area (Å²) in [6.07, 6.45) is 4.75. The van der Waals surface area contributed by atoms with Crippen LogP contribution in [0.3, 0.4) is 0 Å². The van der Waals surface area contributed by atoms with E-state index in [2.05, 4.69) is 77.3 Å². The molecule has 2 atom stereocenters. The third kappa shape index (κ3) is 8.72. The van der Waals surface area contributed by atoms with Gasteiger partial charge in [-0.2, -0.15) is 0 Å². The number of rotatable bonds is 12. The lowest BCUT2D eigenvalue weighted by Gasteiger charge is -2.29. The molecule has 1 heteroatoms. The van der Waals surface area contributed by atoms with Crippen LogP contribution in [-0.2, 0) is 6.42 Å². The minimum absolute atomic E-state index is 0.744. The first kappa shape index (κ1) is 22.0. The maximum Gasteiger partial charge on any atom is 0.000736 e. The highest BCUT2D eigenvalue weighted by atomic mass is 15.1. The van der Waals surface area contributed by atoms with Crippen molar-refractivity contribution in [1.82, 2.24) is 4.90 Å². The van der Waals surface area contributed by atoms with Crippen LogP contribution in [0, 0.1) is 17.8 Å². The fourth-order valence-corrected chi connectivity index (χ4v) is 3.37. The molecule has 0 spiro atoms. The highest BCUT2D eigenvalue weighted by Crippen LogP contribution is 2.18. The minimum Gasteiger partial charge on any atom is -0.303 e. The van der Waals surface area contributed by atoms with Gasteiger partial charge in [0, 0.05) is 19.6 Å². The van der Waals surface area contributed by atoms with E-state index in [0.29, 0.717) is 0 Å². The molecule has 0 bridgehead atoms. The number of hydrogen-bond acceptors (Lipinski definition) is 1. The lowest BCUT2D eigenvalue weighted by Crippen LogP contribution is -2.35. The van der Waals surface area contributed by atoms with E-state index in [-0.39, 0.29) is 0 Å². The summed E-state index contributed by atoms with van der Waals surface area (Å²) in [5.74, 6) is 2.29. The first-order valence-corrected chi connectivity index (χ1v) is 10.3. The molecule has 142 valence electrons. The summed E-state index contributed by atoms with van der Waals surface area (Å²) in [6.45, 7) is 21.8. The number of aryl methyl sites for hydroxylation is 1. The van der Waals surface area contributed by atoms with Gasteiger partial charge in [-0.05, 0) is 53.7 Å². The highest BCUT2D eigenvalue weighted by Gasteiger charge is 2.14. The van der Waals surface area contributed by atoms with E-state index in [4.69, 9.17) is 0 Å². The van der Waals surface area contributed by atoms with Gasteiger partial charge < -0.3 is 4.90 Å². The average molecular weight is 344 g/mol. The molecule has 1 aromatic carbocycles. The maximum atomic E-state index is 4.13. The molecule has 0 saturated heterocycles. The summed E-state index contributed by atoms with van der Waals surface area (Å²) in [7, 11) is 0. The van der Waals surface area contributed by atoms with Crippen molar-refractivity contribution in [2.24, 2.45) is 17.8 Å². The zero-order chi connectivity index (χ0) is 18.8. The molecule has 0 aromatic heterocycles. The smallest absolute Gasteiger partial charge is 0.000736 e. The van der Waals surface area contributed by atoms with Gasteiger partial charge in [-0.1, -0.05) is 78.8 Å². The van der Waals surface area contributed by atoms with Crippen LogP contribution < -0.4 is 0 Å². The molecule has 0 amide bonds. The molecule has 0 heterocycles. The normalized spacial score (nSPS) is 14.1. The van der Waals surface area contributed by atoms with E-state index in [1.807, 2.05) is 0 Å². The molecule has 0 aliphatic rings. The lowest BCUT2D eigenvalue weighted by atomic mass is 9.97. The van der Waals surface area contributed by atoms with E-state index in [9.17, 15) is 0 Å². The van der Waals surface area contributed by atoms with E-state index >= 15 is 0 Å². The van der Waals surface area contributed by atoms with Gasteiger partial charge in [0.2, 0.25) is 0 Å². The van der Waals surface area contributed by atoms with Crippen LogP contribution in [0.4, 0.5) is 0 Å². The third-order valence-corrected chi connectivity index (χ3v) is 5.17. The first-order valence-electron chi connectivity index (χ1n) is 10.3. The quantitative estimate of drug-likeness (QED) is 0.409. The van der Waals surface area contributed by atoms with Crippen molar-refractivity contribution in [3.05, 3.63) is 42.0 Å². The van der Waals surface area contributed by atoms with Gasteiger partial charge in [0.05, 0.1) is 0 Å². The Hall–Kier alpha value is -1.08. The molecule has 1 aromatic rings. The predicted octanol–water partition coefficient (Wildman–Crippen LogP) is 6.68. The molecule has 0 fully saturated rings. The Morgan fingerprint density at radius 1 is 0.920 bits per heavy atom. The largest absolute Gasteiger partial charge is 0.303 e. The fraction of sp³-hybridized carbons (Fsp3) is 0.667. The summed E-state index contributed by atoms with van der Waals surface area (Å²) in [6, 6.07) is 9.04. The van der Waals surface area contributed by atoms with Crippen molar-refractivity contribution in [2.45, 2.75) is 67.2 Å². The van der Waals surface area contributed by atoms with Crippen LogP contribution in [0.5, 0.6) is 0 Å². The lowest BCUT2D eigenvalue weighted by molar-refractivity contribution is 0.183. The molecule has 0 radical (unpaired) electrons. The van der Waals surface area contributed by atoms with Crippen LogP contribution in [-0.4, -0.2) is 24.5 Å². The third-order valence-electron chi connectivity index (χ3n) is 5.17. The Kier molecular flexibility index (Phi) is 10.1. The van der Waals surface area contributed by atoms with Gasteiger partial charge in [-0.15, -0.1) is 0 Å². The van der Waals surface area contributed by atoms with E-state index < -0.39 is 0 Å². The predicted molar refractivity (Wildman–Crippen MR) is 114 cm³/mol. The minimum atomic E-state index is 0.744. The van der Waals surface area contributed by atoms with Crippen molar-refractivity contribution in [3.63, 3.8) is 0 Å². The summed E-state index contributed by atoms with van der Waals surface area (Å²) < 4.78 is 0. The Morgan fingerprint density at radius 3 is 2.04 bits per heavy atom. The molecular weight excluding hydrogens is 302 g/mol. The van der Waals surface area contributed by atoms with Crippen LogP contribution in [0.15, 0.2) is 30.8 Å². The monoisotopic (exact) mass is 343 g/mol. The second kappa shape index (κ2) is 11.5. The van der Waals surface area contributed by atoms with E-state index in [1.54, 1.807) is 0 Å². The summed E-state index contributed by atoms with van der Waals surface area (Å²) in [4.78, 5) is 2.69. The van der Waals surface area contributed by atoms with Crippen LogP contribution >= 0.6 is 0 Å². The van der Waals surface area contributed by atoms with Crippen molar-refractivity contribution in [1.29, 1.82) is 0 Å². The van der Waals surface area contributed by atoms with Crippen LogP contribution in [0.1, 0.15) is 71.9 Å². The molecule has 25 heavy (non-hydrogen) atoms. The molecule has 0 aliphatic carbocycles. The van der Waals surface area contributed by atoms with Gasteiger partial charge in [-0.3, -0.25) is 0 Å². The van der Waals surface area contributed by atoms with Crippen LogP contribution in [0.2, 0.25) is 0 Å². The fourth-order valence-electron chi connectivity index (χ4n) is 3.37. The zero-order valence-electron chi connectivity index (χ0n) is 17.6. The molecule has 1 rings (SSSR count). The van der Waals surface area contributed by atoms with Crippen molar-refractivity contribution in [3.8, 4) is 0 Å². The average Bonchev–Trinajstić information content (AvgIpc) is 2.58. The maximum absolute atomic E-state index is 4.13. The second-order valence-corrected chi connectivity index (χ2v) is 8.42. The summed E-state index contributed by atoms with van der Waals surface area (Å²) in [5.41, 5.74) is 3.97. The number of benzene rings is 1. The Labute approximate surface area is 157 Å². The van der Waals surface area contributed by atoms with Gasteiger partial charge in [0.15, 0.2) is 0 Å². The second-order valence-electron chi connectivity index (χ2n) is 8.42. The molecule has 2 unspecified atom stereocenters. The van der Waals surface area contributed by atoms with Crippen LogP contribution in [0.25, 0.3) is 5.57 Å². The van der Waals surface area contributed by atoms with E-state index in [1.165, 1.54) is 55.6 Å². The van der Waals surface area contributed by atoms with Gasteiger partial charge >= 0.3 is 0 Å². The first-order chi connectivity index (χ1) is 11.8. The topological polar surface area (TPSA) is 3.24 Å². The Balaban J connectivity index is 2.50. The number of hydrogen-bond donors (Lipinski definition) is 0. The standard InChI is InChI=1S/C24H41N/c1-8-20(5)17-25(16-19(3)4)18-21(6)10-11-23-12-14-24(15-13-23)22(7)9-2/h12-15,19-21H,7-11,16-18H2,1-6H3. The molecule has 0 N–H and O–H groups in total. The zero-order valence-corrected chi connectivity index (χ0v) is 17.6. The highest BCUT2D eigenvalue weighted by molar-refractivity contribution is 5.63. The molecular formula is C24H41N. The molecule has 0 aliphatic heterocycles. The van der Waals surface area contributed by atoms with Gasteiger partial charge in [-0.25, -0.2) is 0 Å². The van der Waals surface area contributed by atoms with E-state index in [0.717, 1.165) is 24.2 Å². The Morgan fingerprint density at radius 2 is 1.52 bits per heavy atom. The summed E-state index contributed by atoms with van der Waals surface area (Å²) >= 11 is 0.